The van der Waals surface area contributed by atoms with E-state index in [2.05, 4.69) is 0 Å². The predicted octanol–water partition coefficient (Wildman–Crippen LogP) is 8.52. The van der Waals surface area contributed by atoms with Gasteiger partial charge in [0.1, 0.15) is 5.82 Å². The van der Waals surface area contributed by atoms with Crippen molar-refractivity contribution in [3.8, 4) is 16.9 Å². The van der Waals surface area contributed by atoms with E-state index in [-0.39, 0.29) is 28.7 Å². The third kappa shape index (κ3) is 5.80. The maximum atomic E-state index is 14.7. The van der Waals surface area contributed by atoms with Gasteiger partial charge in [-0.3, -0.25) is 0 Å². The van der Waals surface area contributed by atoms with Gasteiger partial charge in [-0.2, -0.15) is 4.39 Å². The minimum Gasteiger partial charge on any atom is -0.490 e. The first-order valence-corrected chi connectivity index (χ1v) is 11.3. The molecule has 0 amide bonds. The number of rotatable bonds is 10. The molecule has 0 aliphatic heterocycles. The molecule has 3 aromatic carbocycles. The molecular formula is C27H25F7O. The summed E-state index contributed by atoms with van der Waals surface area (Å²) in [4.78, 5) is 0. The van der Waals surface area contributed by atoms with Crippen molar-refractivity contribution in [1.29, 1.82) is 0 Å². The zero-order valence-corrected chi connectivity index (χ0v) is 19.3. The van der Waals surface area contributed by atoms with Crippen LogP contribution in [0.4, 0.5) is 30.7 Å². The van der Waals surface area contributed by atoms with E-state index < -0.39 is 59.3 Å². The van der Waals surface area contributed by atoms with Crippen LogP contribution in [0, 0.1) is 29.1 Å². The first-order chi connectivity index (χ1) is 16.6. The van der Waals surface area contributed by atoms with Crippen LogP contribution in [0.5, 0.6) is 5.75 Å². The quantitative estimate of drug-likeness (QED) is 0.255. The van der Waals surface area contributed by atoms with Gasteiger partial charge in [-0.05, 0) is 42.5 Å². The minimum atomic E-state index is -3.58. The van der Waals surface area contributed by atoms with Gasteiger partial charge in [0.05, 0.1) is 6.61 Å². The van der Waals surface area contributed by atoms with Gasteiger partial charge in [-0.15, -0.1) is 0 Å². The maximum Gasteiger partial charge on any atom is 0.276 e. The molecule has 0 aliphatic rings. The molecule has 0 aromatic heterocycles. The first kappa shape index (κ1) is 26.6. The monoisotopic (exact) mass is 498 g/mol. The van der Waals surface area contributed by atoms with Crippen LogP contribution in [-0.4, -0.2) is 6.61 Å². The molecule has 0 bridgehead atoms. The van der Waals surface area contributed by atoms with Gasteiger partial charge in [0.15, 0.2) is 23.2 Å². The zero-order chi connectivity index (χ0) is 25.8. The second-order valence-corrected chi connectivity index (χ2v) is 8.21. The van der Waals surface area contributed by atoms with Crippen LogP contribution in [-0.2, 0) is 18.8 Å². The Balaban J connectivity index is 1.75. The van der Waals surface area contributed by atoms with Crippen LogP contribution in [0.15, 0.2) is 42.5 Å². The van der Waals surface area contributed by atoms with Crippen LogP contribution in [0.25, 0.3) is 11.1 Å². The molecule has 0 aliphatic carbocycles. The van der Waals surface area contributed by atoms with Gasteiger partial charge in [0.2, 0.25) is 5.82 Å². The number of aryl methyl sites for hydroxylation is 2. The fraction of sp³-hybridized carbons (Fsp3) is 0.333. The molecule has 3 aromatic rings. The van der Waals surface area contributed by atoms with Crippen molar-refractivity contribution >= 4 is 0 Å². The number of alkyl halides is 2. The van der Waals surface area contributed by atoms with E-state index in [4.69, 9.17) is 4.74 Å². The summed E-state index contributed by atoms with van der Waals surface area (Å²) < 4.78 is 106. The second-order valence-electron chi connectivity index (χ2n) is 8.21. The summed E-state index contributed by atoms with van der Waals surface area (Å²) in [7, 11) is 0. The lowest BCUT2D eigenvalue weighted by atomic mass is 9.97. The summed E-state index contributed by atoms with van der Waals surface area (Å²) in [5.74, 6) is -9.92. The molecule has 0 saturated carbocycles. The molecular weight excluding hydrogens is 473 g/mol. The summed E-state index contributed by atoms with van der Waals surface area (Å²) in [5, 5.41) is 0. The van der Waals surface area contributed by atoms with Crippen molar-refractivity contribution in [2.45, 2.75) is 51.9 Å². The van der Waals surface area contributed by atoms with Gasteiger partial charge in [-0.25, -0.2) is 26.3 Å². The summed E-state index contributed by atoms with van der Waals surface area (Å²) in [5.41, 5.74) is -1.14. The van der Waals surface area contributed by atoms with Crippen LogP contribution < -0.4 is 4.74 Å². The van der Waals surface area contributed by atoms with Crippen molar-refractivity contribution in [2.75, 3.05) is 6.61 Å². The molecule has 8 heteroatoms. The Labute approximate surface area is 199 Å². The normalized spacial score (nSPS) is 11.7. The number of hydrogen-bond donors (Lipinski definition) is 0. The summed E-state index contributed by atoms with van der Waals surface area (Å²) >= 11 is 0. The number of hydrogen-bond acceptors (Lipinski definition) is 1. The predicted molar refractivity (Wildman–Crippen MR) is 120 cm³/mol. The fourth-order valence-electron chi connectivity index (χ4n) is 3.71. The molecule has 0 spiro atoms. The van der Waals surface area contributed by atoms with Crippen LogP contribution >= 0.6 is 0 Å². The molecule has 0 N–H and O–H groups in total. The SMILES string of the molecule is CCCCc1ccc(-c2ccc(C(F)(F)CCOc3ccc(CC)c(F)c3F)cc2F)c(F)c1F. The molecule has 0 fully saturated rings. The smallest absolute Gasteiger partial charge is 0.276 e. The zero-order valence-electron chi connectivity index (χ0n) is 19.3. The minimum absolute atomic E-state index is 0.127. The standard InChI is InChI=1S/C27H25F7O/c1-3-5-6-17-7-10-20(25(31)24(17)30)19-11-9-18(15-21(19)28)27(33,34)13-14-35-22-12-8-16(4-2)23(29)26(22)32/h7-12,15H,3-6,13-14H2,1-2H3. The van der Waals surface area contributed by atoms with E-state index >= 15 is 0 Å². The van der Waals surface area contributed by atoms with Crippen molar-refractivity contribution < 1.29 is 35.5 Å². The third-order valence-electron chi connectivity index (χ3n) is 5.82. The highest BCUT2D eigenvalue weighted by Crippen LogP contribution is 2.36. The topological polar surface area (TPSA) is 9.23 Å². The van der Waals surface area contributed by atoms with Crippen molar-refractivity contribution in [2.24, 2.45) is 0 Å². The van der Waals surface area contributed by atoms with E-state index in [1.807, 2.05) is 6.92 Å². The van der Waals surface area contributed by atoms with Crippen molar-refractivity contribution in [3.05, 3.63) is 88.2 Å². The van der Waals surface area contributed by atoms with Gasteiger partial charge in [0, 0.05) is 23.1 Å². The first-order valence-electron chi connectivity index (χ1n) is 11.3. The largest absolute Gasteiger partial charge is 0.490 e. The molecule has 0 radical (unpaired) electrons. The summed E-state index contributed by atoms with van der Waals surface area (Å²) in [6.07, 6.45) is 1.08. The van der Waals surface area contributed by atoms with Gasteiger partial charge < -0.3 is 4.74 Å². The molecule has 0 unspecified atom stereocenters. The molecule has 0 atom stereocenters. The van der Waals surface area contributed by atoms with E-state index in [0.717, 1.165) is 24.6 Å². The average Bonchev–Trinajstić information content (AvgIpc) is 2.83. The van der Waals surface area contributed by atoms with Crippen molar-refractivity contribution in [1.82, 2.24) is 0 Å². The molecule has 0 heterocycles. The van der Waals surface area contributed by atoms with Gasteiger partial charge >= 0.3 is 0 Å². The summed E-state index contributed by atoms with van der Waals surface area (Å²) in [6, 6.07) is 7.47. The van der Waals surface area contributed by atoms with Crippen LogP contribution in [0.3, 0.4) is 0 Å². The highest BCUT2D eigenvalue weighted by atomic mass is 19.3. The Morgan fingerprint density at radius 2 is 1.40 bits per heavy atom. The van der Waals surface area contributed by atoms with Crippen molar-refractivity contribution in [3.63, 3.8) is 0 Å². The van der Waals surface area contributed by atoms with Crippen LogP contribution in [0.1, 0.15) is 49.8 Å². The van der Waals surface area contributed by atoms with E-state index in [1.54, 1.807) is 6.92 Å². The maximum absolute atomic E-state index is 14.7. The lowest BCUT2D eigenvalue weighted by Crippen LogP contribution is -2.18. The van der Waals surface area contributed by atoms with Crippen LogP contribution in [0.2, 0.25) is 0 Å². The lowest BCUT2D eigenvalue weighted by Gasteiger charge is -2.18. The molecule has 35 heavy (non-hydrogen) atoms. The van der Waals surface area contributed by atoms with E-state index in [0.29, 0.717) is 18.9 Å². The Hall–Kier alpha value is -3.03. The third-order valence-corrected chi connectivity index (χ3v) is 5.82. The number of benzene rings is 3. The Morgan fingerprint density at radius 3 is 2.06 bits per heavy atom. The Bertz CT molecular complexity index is 1190. The molecule has 1 nitrogen and oxygen atoms in total. The highest BCUT2D eigenvalue weighted by molar-refractivity contribution is 5.66. The van der Waals surface area contributed by atoms with E-state index in [1.165, 1.54) is 18.2 Å². The lowest BCUT2D eigenvalue weighted by molar-refractivity contribution is -0.0248. The summed E-state index contributed by atoms with van der Waals surface area (Å²) in [6.45, 7) is 2.87. The Morgan fingerprint density at radius 1 is 0.743 bits per heavy atom. The molecule has 0 saturated heterocycles. The average molecular weight is 498 g/mol. The van der Waals surface area contributed by atoms with E-state index in [9.17, 15) is 30.7 Å². The van der Waals surface area contributed by atoms with Gasteiger partial charge in [-0.1, -0.05) is 50.6 Å². The second kappa shape index (κ2) is 11.1. The molecule has 188 valence electrons. The highest BCUT2D eigenvalue weighted by Gasteiger charge is 2.33. The number of ether oxygens (including phenoxy) is 1. The van der Waals surface area contributed by atoms with Gasteiger partial charge in [0.25, 0.3) is 5.92 Å². The number of halogens is 7. The Kier molecular flexibility index (Phi) is 8.46. The number of unbranched alkanes of at least 4 members (excludes halogenated alkanes) is 1. The molecule has 3 rings (SSSR count). The fourth-order valence-corrected chi connectivity index (χ4v) is 3.71.